The quantitative estimate of drug-likeness (QED) is 0.471. The number of carbonyl (C=O) groups is 1. The van der Waals surface area contributed by atoms with Gasteiger partial charge in [0, 0.05) is 6.42 Å². The summed E-state index contributed by atoms with van der Waals surface area (Å²) in [5.41, 5.74) is 6.24. The van der Waals surface area contributed by atoms with Crippen molar-refractivity contribution in [3.63, 3.8) is 0 Å². The molecule has 0 fully saturated rings. The van der Waals surface area contributed by atoms with E-state index in [1.54, 1.807) is 18.2 Å². The molecule has 0 aliphatic carbocycles. The highest BCUT2D eigenvalue weighted by atomic mass is 16.4. The number of aliphatic hydroxyl groups is 1. The highest BCUT2D eigenvalue weighted by Gasteiger charge is 2.11. The van der Waals surface area contributed by atoms with Crippen molar-refractivity contribution in [3.05, 3.63) is 35.6 Å². The summed E-state index contributed by atoms with van der Waals surface area (Å²) in [6.45, 7) is 3.82. The fourth-order valence-electron chi connectivity index (χ4n) is 1.29. The van der Waals surface area contributed by atoms with E-state index in [0.717, 1.165) is 12.0 Å². The van der Waals surface area contributed by atoms with Crippen molar-refractivity contribution < 1.29 is 15.0 Å². The molecule has 17 heavy (non-hydrogen) atoms. The Balaban J connectivity index is 4.67. The minimum absolute atomic E-state index is 0.246. The smallest absolute Gasteiger partial charge is 0.320 e. The molecular formula is C13H21NO3. The molecule has 4 N–H and O–H groups in total. The van der Waals surface area contributed by atoms with Crippen LogP contribution in [0.5, 0.6) is 0 Å². The third-order valence-electron chi connectivity index (χ3n) is 2.15. The Labute approximate surface area is 102 Å². The summed E-state index contributed by atoms with van der Waals surface area (Å²) in [7, 11) is 0. The van der Waals surface area contributed by atoms with E-state index in [4.69, 9.17) is 10.8 Å². The molecule has 0 saturated carbocycles. The highest BCUT2D eigenvalue weighted by molar-refractivity contribution is 5.73. The van der Waals surface area contributed by atoms with Gasteiger partial charge in [0.1, 0.15) is 6.04 Å². The van der Waals surface area contributed by atoms with Crippen LogP contribution in [0.15, 0.2) is 35.6 Å². The molecule has 0 rings (SSSR count). The van der Waals surface area contributed by atoms with Gasteiger partial charge in [0.15, 0.2) is 0 Å². The van der Waals surface area contributed by atoms with Gasteiger partial charge in [0.05, 0.1) is 5.76 Å². The van der Waals surface area contributed by atoms with Gasteiger partial charge in [-0.25, -0.2) is 0 Å². The minimum atomic E-state index is -1.03. The van der Waals surface area contributed by atoms with Crippen molar-refractivity contribution in [1.82, 2.24) is 0 Å². The first-order chi connectivity index (χ1) is 8.01. The van der Waals surface area contributed by atoms with Crippen LogP contribution in [-0.2, 0) is 4.79 Å². The first-order valence-corrected chi connectivity index (χ1v) is 5.71. The zero-order valence-corrected chi connectivity index (χ0v) is 10.4. The average molecular weight is 239 g/mol. The number of carboxylic acid groups (broad SMARTS) is 1. The molecule has 0 bridgehead atoms. The molecule has 1 unspecified atom stereocenters. The number of rotatable bonds is 7. The molecular weight excluding hydrogens is 218 g/mol. The Morgan fingerprint density at radius 3 is 2.47 bits per heavy atom. The molecule has 0 aliphatic heterocycles. The van der Waals surface area contributed by atoms with E-state index in [1.807, 2.05) is 19.9 Å². The lowest BCUT2D eigenvalue weighted by molar-refractivity contribution is -0.138. The summed E-state index contributed by atoms with van der Waals surface area (Å²) >= 11 is 0. The Morgan fingerprint density at radius 2 is 2.00 bits per heavy atom. The summed E-state index contributed by atoms with van der Waals surface area (Å²) in [4.78, 5) is 10.6. The van der Waals surface area contributed by atoms with Gasteiger partial charge in [-0.05, 0) is 31.4 Å². The van der Waals surface area contributed by atoms with Crippen LogP contribution in [0.1, 0.15) is 33.1 Å². The predicted molar refractivity (Wildman–Crippen MR) is 68.7 cm³/mol. The van der Waals surface area contributed by atoms with Crippen molar-refractivity contribution in [1.29, 1.82) is 0 Å². The van der Waals surface area contributed by atoms with Crippen LogP contribution in [-0.4, -0.2) is 22.2 Å². The zero-order chi connectivity index (χ0) is 13.3. The Bertz CT molecular complexity index is 330. The van der Waals surface area contributed by atoms with E-state index in [-0.39, 0.29) is 6.42 Å². The molecule has 0 aromatic heterocycles. The Hall–Kier alpha value is -1.55. The maximum atomic E-state index is 10.6. The van der Waals surface area contributed by atoms with Crippen molar-refractivity contribution in [3.8, 4) is 0 Å². The maximum absolute atomic E-state index is 10.6. The number of nitrogens with two attached hydrogens (primary N) is 1. The van der Waals surface area contributed by atoms with Gasteiger partial charge >= 0.3 is 5.97 Å². The van der Waals surface area contributed by atoms with Gasteiger partial charge in [-0.2, -0.15) is 0 Å². The summed E-state index contributed by atoms with van der Waals surface area (Å²) in [6.07, 6.45) is 8.62. The predicted octanol–water partition coefficient (Wildman–Crippen LogP) is 2.53. The maximum Gasteiger partial charge on any atom is 0.320 e. The first kappa shape index (κ1) is 15.4. The zero-order valence-electron chi connectivity index (χ0n) is 10.4. The van der Waals surface area contributed by atoms with Crippen LogP contribution in [0, 0.1) is 0 Å². The monoisotopic (exact) mass is 239 g/mol. The van der Waals surface area contributed by atoms with Crippen molar-refractivity contribution >= 4 is 5.97 Å². The molecule has 0 saturated heterocycles. The summed E-state index contributed by atoms with van der Waals surface area (Å²) < 4.78 is 0. The lowest BCUT2D eigenvalue weighted by Crippen LogP contribution is -2.30. The van der Waals surface area contributed by atoms with Crippen LogP contribution >= 0.6 is 0 Å². The topological polar surface area (TPSA) is 83.5 Å². The van der Waals surface area contributed by atoms with Crippen molar-refractivity contribution in [2.75, 3.05) is 0 Å². The number of aliphatic carboxylic acids is 1. The summed E-state index contributed by atoms with van der Waals surface area (Å²) in [5, 5.41) is 18.2. The number of carboxylic acids is 1. The van der Waals surface area contributed by atoms with Gasteiger partial charge in [-0.1, -0.05) is 25.2 Å². The summed E-state index contributed by atoms with van der Waals surface area (Å²) in [5.74, 6) is -0.736. The van der Waals surface area contributed by atoms with Crippen molar-refractivity contribution in [2.24, 2.45) is 5.73 Å². The van der Waals surface area contributed by atoms with E-state index in [2.05, 4.69) is 0 Å². The second kappa shape index (κ2) is 8.58. The van der Waals surface area contributed by atoms with Crippen molar-refractivity contribution in [2.45, 2.75) is 39.2 Å². The van der Waals surface area contributed by atoms with E-state index in [1.165, 1.54) is 0 Å². The van der Waals surface area contributed by atoms with Gasteiger partial charge in [-0.3, -0.25) is 4.79 Å². The lowest BCUT2D eigenvalue weighted by atomic mass is 10.1. The first-order valence-electron chi connectivity index (χ1n) is 5.71. The van der Waals surface area contributed by atoms with Gasteiger partial charge < -0.3 is 15.9 Å². The molecule has 0 aromatic carbocycles. The van der Waals surface area contributed by atoms with Crippen LogP contribution in [0.25, 0.3) is 0 Å². The van der Waals surface area contributed by atoms with E-state index in [9.17, 15) is 9.90 Å². The number of hydrogen-bond donors (Lipinski definition) is 3. The largest absolute Gasteiger partial charge is 0.512 e. The molecule has 0 aliphatic rings. The Kier molecular flexibility index (Phi) is 7.80. The molecule has 4 nitrogen and oxygen atoms in total. The molecule has 0 radical (unpaired) electrons. The Morgan fingerprint density at radius 1 is 1.35 bits per heavy atom. The van der Waals surface area contributed by atoms with Crippen LogP contribution in [0.4, 0.5) is 0 Å². The highest BCUT2D eigenvalue weighted by Crippen LogP contribution is 2.09. The lowest BCUT2D eigenvalue weighted by Gasteiger charge is -2.06. The number of allylic oxidation sites excluding steroid dienone is 5. The van der Waals surface area contributed by atoms with Crippen LogP contribution in [0.2, 0.25) is 0 Å². The standard InChI is InChI=1S/C13H21NO3/c1-3-5-10(9-12(14)13(16)17)7-8-11(15)6-4-2/h3,5,7-8,12,15H,4,6,9,14H2,1-2H3,(H,16,17)/b5-3-,10-7+,11-8+. The third kappa shape index (κ3) is 7.36. The second-order valence-corrected chi connectivity index (χ2v) is 3.80. The molecule has 0 aromatic rings. The molecule has 0 heterocycles. The van der Waals surface area contributed by atoms with Gasteiger partial charge in [0.2, 0.25) is 0 Å². The van der Waals surface area contributed by atoms with E-state index < -0.39 is 12.0 Å². The van der Waals surface area contributed by atoms with Crippen LogP contribution < -0.4 is 5.73 Å². The molecule has 4 heteroatoms. The number of hydrogen-bond acceptors (Lipinski definition) is 3. The average Bonchev–Trinajstić information content (AvgIpc) is 2.26. The molecule has 96 valence electrons. The minimum Gasteiger partial charge on any atom is -0.512 e. The summed E-state index contributed by atoms with van der Waals surface area (Å²) in [6, 6.07) is -0.917. The fourth-order valence-corrected chi connectivity index (χ4v) is 1.29. The normalized spacial score (nSPS) is 15.2. The number of aliphatic hydroxyl groups excluding tert-OH is 1. The van der Waals surface area contributed by atoms with E-state index in [0.29, 0.717) is 12.2 Å². The molecule has 1 atom stereocenters. The second-order valence-electron chi connectivity index (χ2n) is 3.80. The van der Waals surface area contributed by atoms with E-state index >= 15 is 0 Å². The SMILES string of the molecule is C\C=C/C(=C\C=C(\O)CCC)CC(N)C(=O)O. The molecule has 0 amide bonds. The fraction of sp³-hybridized carbons (Fsp3) is 0.462. The van der Waals surface area contributed by atoms with Crippen LogP contribution in [0.3, 0.4) is 0 Å². The van der Waals surface area contributed by atoms with Gasteiger partial charge in [0.25, 0.3) is 0 Å². The molecule has 0 spiro atoms. The van der Waals surface area contributed by atoms with Gasteiger partial charge in [-0.15, -0.1) is 0 Å². The third-order valence-corrected chi connectivity index (χ3v) is 2.15.